The Hall–Kier alpha value is -3.42. The molecule has 1 N–H and O–H groups in total. The number of methoxy groups -OCH3 is 1. The van der Waals surface area contributed by atoms with Gasteiger partial charge in [-0.05, 0) is 41.8 Å². The van der Waals surface area contributed by atoms with Gasteiger partial charge in [0.25, 0.3) is 5.91 Å². The van der Waals surface area contributed by atoms with Crippen molar-refractivity contribution in [3.8, 4) is 11.5 Å². The topological polar surface area (TPSA) is 73.9 Å². The SMILES string of the molecule is COc1cc(/C=C/C(=O)OCC(=O)Nc2cc(F)ccc2F)ccc1OCC(C)C. The molecule has 0 heterocycles. The minimum atomic E-state index is -0.800. The van der Waals surface area contributed by atoms with E-state index in [1.54, 1.807) is 18.2 Å². The fraction of sp³-hybridized carbons (Fsp3) is 0.273. The van der Waals surface area contributed by atoms with Crippen molar-refractivity contribution in [3.05, 3.63) is 59.7 Å². The monoisotopic (exact) mass is 419 g/mol. The van der Waals surface area contributed by atoms with Crippen molar-refractivity contribution in [3.63, 3.8) is 0 Å². The average molecular weight is 419 g/mol. The average Bonchev–Trinajstić information content (AvgIpc) is 2.72. The van der Waals surface area contributed by atoms with Crippen LogP contribution >= 0.6 is 0 Å². The minimum Gasteiger partial charge on any atom is -0.493 e. The Morgan fingerprint density at radius 3 is 2.57 bits per heavy atom. The lowest BCUT2D eigenvalue weighted by atomic mass is 10.2. The zero-order valence-corrected chi connectivity index (χ0v) is 16.9. The molecule has 8 heteroatoms. The molecule has 0 aromatic heterocycles. The summed E-state index contributed by atoms with van der Waals surface area (Å²) in [6, 6.07) is 7.80. The third-order valence-electron chi connectivity index (χ3n) is 3.72. The van der Waals surface area contributed by atoms with Gasteiger partial charge in [0.15, 0.2) is 18.1 Å². The number of hydrogen-bond donors (Lipinski definition) is 1. The van der Waals surface area contributed by atoms with Crippen molar-refractivity contribution in [2.24, 2.45) is 5.92 Å². The summed E-state index contributed by atoms with van der Waals surface area (Å²) in [5.41, 5.74) is 0.324. The standard InChI is InChI=1S/C22H23F2NO5/c1-14(2)12-29-19-8-4-15(10-20(19)28-3)5-9-22(27)30-13-21(26)25-18-11-16(23)6-7-17(18)24/h4-11,14H,12-13H2,1-3H3,(H,25,26)/b9-5+. The van der Waals surface area contributed by atoms with E-state index in [0.29, 0.717) is 29.6 Å². The smallest absolute Gasteiger partial charge is 0.331 e. The van der Waals surface area contributed by atoms with Crippen LogP contribution in [0.4, 0.5) is 14.5 Å². The lowest BCUT2D eigenvalue weighted by Crippen LogP contribution is -2.20. The summed E-state index contributed by atoms with van der Waals surface area (Å²) >= 11 is 0. The van der Waals surface area contributed by atoms with Crippen LogP contribution < -0.4 is 14.8 Å². The molecule has 0 saturated heterocycles. The summed E-state index contributed by atoms with van der Waals surface area (Å²) in [5.74, 6) is -1.61. The molecule has 0 radical (unpaired) electrons. The fourth-order valence-electron chi connectivity index (χ4n) is 2.29. The molecule has 0 aliphatic rings. The second-order valence-corrected chi connectivity index (χ2v) is 6.73. The molecular weight excluding hydrogens is 396 g/mol. The second-order valence-electron chi connectivity index (χ2n) is 6.73. The number of amides is 1. The van der Waals surface area contributed by atoms with Gasteiger partial charge in [0.05, 0.1) is 19.4 Å². The first-order valence-corrected chi connectivity index (χ1v) is 9.19. The number of nitrogens with one attached hydrogen (secondary N) is 1. The molecule has 2 aromatic rings. The molecule has 0 spiro atoms. The normalized spacial score (nSPS) is 10.9. The molecule has 0 fully saturated rings. The summed E-state index contributed by atoms with van der Waals surface area (Å²) in [6.07, 6.45) is 2.63. The molecule has 1 amide bonds. The third kappa shape index (κ3) is 7.20. The number of anilines is 1. The van der Waals surface area contributed by atoms with E-state index >= 15 is 0 Å². The van der Waals surface area contributed by atoms with Crippen molar-refractivity contribution < 1.29 is 32.6 Å². The number of hydrogen-bond acceptors (Lipinski definition) is 5. The van der Waals surface area contributed by atoms with Crippen molar-refractivity contribution in [1.29, 1.82) is 0 Å². The molecule has 0 aliphatic carbocycles. The van der Waals surface area contributed by atoms with E-state index < -0.39 is 30.1 Å². The number of esters is 1. The maximum Gasteiger partial charge on any atom is 0.331 e. The highest BCUT2D eigenvalue weighted by Crippen LogP contribution is 2.29. The van der Waals surface area contributed by atoms with Gasteiger partial charge < -0.3 is 19.5 Å². The Morgan fingerprint density at radius 2 is 1.87 bits per heavy atom. The summed E-state index contributed by atoms with van der Waals surface area (Å²) in [7, 11) is 1.51. The van der Waals surface area contributed by atoms with Crippen LogP contribution in [0.15, 0.2) is 42.5 Å². The highest BCUT2D eigenvalue weighted by atomic mass is 19.1. The second kappa shape index (κ2) is 10.9. The van der Waals surface area contributed by atoms with Gasteiger partial charge in [-0.1, -0.05) is 19.9 Å². The zero-order valence-electron chi connectivity index (χ0n) is 16.9. The van der Waals surface area contributed by atoms with Crippen LogP contribution in [0.2, 0.25) is 0 Å². The van der Waals surface area contributed by atoms with Gasteiger partial charge >= 0.3 is 5.97 Å². The molecule has 0 saturated carbocycles. The predicted octanol–water partition coefficient (Wildman–Crippen LogP) is 4.20. The molecule has 6 nitrogen and oxygen atoms in total. The maximum atomic E-state index is 13.5. The number of rotatable bonds is 9. The van der Waals surface area contributed by atoms with Crippen LogP contribution in [0, 0.1) is 17.6 Å². The Bertz CT molecular complexity index is 928. The molecule has 30 heavy (non-hydrogen) atoms. The van der Waals surface area contributed by atoms with Gasteiger partial charge in [-0.15, -0.1) is 0 Å². The van der Waals surface area contributed by atoms with E-state index in [0.717, 1.165) is 24.3 Å². The molecule has 0 atom stereocenters. The quantitative estimate of drug-likeness (QED) is 0.487. The van der Waals surface area contributed by atoms with E-state index in [-0.39, 0.29) is 5.69 Å². The Kier molecular flexibility index (Phi) is 8.34. The van der Waals surface area contributed by atoms with Crippen LogP contribution in [0.5, 0.6) is 11.5 Å². The van der Waals surface area contributed by atoms with Gasteiger partial charge in [-0.2, -0.15) is 0 Å². The number of benzene rings is 2. The molecule has 2 aromatic carbocycles. The van der Waals surface area contributed by atoms with E-state index in [1.807, 2.05) is 13.8 Å². The van der Waals surface area contributed by atoms with E-state index in [1.165, 1.54) is 13.2 Å². The van der Waals surface area contributed by atoms with Gasteiger partial charge in [0.1, 0.15) is 11.6 Å². The Morgan fingerprint density at radius 1 is 1.10 bits per heavy atom. The van der Waals surface area contributed by atoms with Crippen LogP contribution in [0.25, 0.3) is 6.08 Å². The van der Waals surface area contributed by atoms with Crippen molar-refractivity contribution in [1.82, 2.24) is 0 Å². The van der Waals surface area contributed by atoms with Crippen molar-refractivity contribution in [2.45, 2.75) is 13.8 Å². The van der Waals surface area contributed by atoms with Gasteiger partial charge in [0, 0.05) is 12.1 Å². The first kappa shape index (κ1) is 22.9. The fourth-order valence-corrected chi connectivity index (χ4v) is 2.29. The lowest BCUT2D eigenvalue weighted by Gasteiger charge is -2.12. The Labute approximate surface area is 173 Å². The lowest BCUT2D eigenvalue weighted by molar-refractivity contribution is -0.142. The van der Waals surface area contributed by atoms with Crippen LogP contribution in [-0.4, -0.2) is 32.2 Å². The number of halogens is 2. The molecular formula is C22H23F2NO5. The molecule has 2 rings (SSSR count). The first-order valence-electron chi connectivity index (χ1n) is 9.19. The van der Waals surface area contributed by atoms with Crippen LogP contribution in [-0.2, 0) is 14.3 Å². The highest BCUT2D eigenvalue weighted by molar-refractivity contribution is 5.94. The number of carbonyl (C=O) groups is 2. The van der Waals surface area contributed by atoms with Gasteiger partial charge in [0.2, 0.25) is 0 Å². The maximum absolute atomic E-state index is 13.5. The summed E-state index contributed by atoms with van der Waals surface area (Å²) in [4.78, 5) is 23.6. The van der Waals surface area contributed by atoms with Crippen LogP contribution in [0.3, 0.4) is 0 Å². The zero-order chi connectivity index (χ0) is 22.1. The summed E-state index contributed by atoms with van der Waals surface area (Å²) in [5, 5.41) is 2.14. The van der Waals surface area contributed by atoms with E-state index in [9.17, 15) is 18.4 Å². The Balaban J connectivity index is 1.89. The van der Waals surface area contributed by atoms with Gasteiger partial charge in [-0.25, -0.2) is 13.6 Å². The molecule has 0 aliphatic heterocycles. The predicted molar refractivity (Wildman–Crippen MR) is 108 cm³/mol. The van der Waals surface area contributed by atoms with E-state index in [4.69, 9.17) is 14.2 Å². The van der Waals surface area contributed by atoms with Crippen LogP contribution in [0.1, 0.15) is 19.4 Å². The highest BCUT2D eigenvalue weighted by Gasteiger charge is 2.10. The molecule has 0 bridgehead atoms. The number of carbonyl (C=O) groups excluding carboxylic acids is 2. The minimum absolute atomic E-state index is 0.335. The first-order chi connectivity index (χ1) is 14.3. The molecule has 0 unspecified atom stereocenters. The van der Waals surface area contributed by atoms with E-state index in [2.05, 4.69) is 5.32 Å². The third-order valence-corrected chi connectivity index (χ3v) is 3.72. The largest absolute Gasteiger partial charge is 0.493 e. The summed E-state index contributed by atoms with van der Waals surface area (Å²) < 4.78 is 42.4. The van der Waals surface area contributed by atoms with Crippen molar-refractivity contribution >= 4 is 23.6 Å². The van der Waals surface area contributed by atoms with Gasteiger partial charge in [-0.3, -0.25) is 4.79 Å². The molecule has 160 valence electrons. The number of ether oxygens (including phenoxy) is 3. The summed E-state index contributed by atoms with van der Waals surface area (Å²) in [6.45, 7) is 3.96. The van der Waals surface area contributed by atoms with Crippen molar-refractivity contribution in [2.75, 3.05) is 25.6 Å².